The third-order valence-corrected chi connectivity index (χ3v) is 5.77. The Hall–Kier alpha value is -0.0500. The molecule has 1 aliphatic carbocycles. The van der Waals surface area contributed by atoms with Crippen molar-refractivity contribution in [2.75, 3.05) is 0 Å². The first-order chi connectivity index (χ1) is 8.72. The molecule has 2 N–H and O–H groups in total. The summed E-state index contributed by atoms with van der Waals surface area (Å²) in [6.45, 7) is 2.28. The Morgan fingerprint density at radius 2 is 2.11 bits per heavy atom. The Kier molecular flexibility index (Phi) is 5.53. The summed E-state index contributed by atoms with van der Waals surface area (Å²) >= 11 is 7.89. The van der Waals surface area contributed by atoms with Crippen molar-refractivity contribution in [3.05, 3.63) is 21.3 Å². The van der Waals surface area contributed by atoms with Crippen LogP contribution in [0.4, 0.5) is 0 Å². The summed E-state index contributed by atoms with van der Waals surface area (Å²) in [6, 6.07) is 2.12. The average Bonchev–Trinajstić information content (AvgIpc) is 2.82. The molecule has 102 valence electrons. The van der Waals surface area contributed by atoms with Gasteiger partial charge in [0, 0.05) is 10.9 Å². The Morgan fingerprint density at radius 1 is 1.39 bits per heavy atom. The molecule has 1 aromatic heterocycles. The zero-order chi connectivity index (χ0) is 13.0. The number of nitrogens with two attached hydrogens (primary N) is 1. The van der Waals surface area contributed by atoms with Crippen LogP contribution in [-0.2, 0) is 0 Å². The third kappa shape index (κ3) is 3.49. The molecule has 18 heavy (non-hydrogen) atoms. The van der Waals surface area contributed by atoms with E-state index in [4.69, 9.17) is 17.3 Å². The maximum Gasteiger partial charge on any atom is 0.0561 e. The van der Waals surface area contributed by atoms with E-state index in [0.29, 0.717) is 5.92 Å². The van der Waals surface area contributed by atoms with E-state index in [0.717, 1.165) is 10.9 Å². The van der Waals surface area contributed by atoms with E-state index in [1.807, 2.05) is 11.4 Å². The van der Waals surface area contributed by atoms with Crippen LogP contribution in [-0.4, -0.2) is 0 Å². The average molecular weight is 286 g/mol. The molecule has 0 aromatic carbocycles. The van der Waals surface area contributed by atoms with Crippen LogP contribution in [0.1, 0.15) is 62.8 Å². The largest absolute Gasteiger partial charge is 0.323 e. The highest BCUT2D eigenvalue weighted by Crippen LogP contribution is 2.40. The summed E-state index contributed by atoms with van der Waals surface area (Å²) in [6.07, 6.45) is 9.41. The van der Waals surface area contributed by atoms with Crippen molar-refractivity contribution in [2.45, 2.75) is 57.9 Å². The van der Waals surface area contributed by atoms with Crippen LogP contribution in [0.5, 0.6) is 0 Å². The van der Waals surface area contributed by atoms with Gasteiger partial charge in [0.25, 0.3) is 0 Å². The lowest BCUT2D eigenvalue weighted by atomic mass is 9.77. The molecule has 1 saturated carbocycles. The number of rotatable bonds is 5. The van der Waals surface area contributed by atoms with Gasteiger partial charge in [0.1, 0.15) is 0 Å². The van der Waals surface area contributed by atoms with Gasteiger partial charge in [0.15, 0.2) is 0 Å². The van der Waals surface area contributed by atoms with Crippen molar-refractivity contribution in [3.63, 3.8) is 0 Å². The second kappa shape index (κ2) is 6.93. The second-order valence-electron chi connectivity index (χ2n) is 5.58. The normalized spacial score (nSPS) is 26.2. The van der Waals surface area contributed by atoms with Gasteiger partial charge in [-0.15, -0.1) is 11.3 Å². The van der Waals surface area contributed by atoms with E-state index in [2.05, 4.69) is 6.92 Å². The summed E-state index contributed by atoms with van der Waals surface area (Å²) in [5.41, 5.74) is 6.39. The van der Waals surface area contributed by atoms with Crippen LogP contribution in [0.25, 0.3) is 0 Å². The Morgan fingerprint density at radius 3 is 2.67 bits per heavy atom. The van der Waals surface area contributed by atoms with E-state index >= 15 is 0 Å². The second-order valence-corrected chi connectivity index (χ2v) is 6.94. The fourth-order valence-corrected chi connectivity index (χ4v) is 4.36. The first kappa shape index (κ1) is 14.4. The first-order valence-electron chi connectivity index (χ1n) is 7.20. The maximum atomic E-state index is 6.39. The highest BCUT2D eigenvalue weighted by Gasteiger charge is 2.27. The highest BCUT2D eigenvalue weighted by atomic mass is 35.5. The maximum absolute atomic E-state index is 6.39. The lowest BCUT2D eigenvalue weighted by Crippen LogP contribution is -2.25. The van der Waals surface area contributed by atoms with E-state index < -0.39 is 0 Å². The molecule has 1 nitrogen and oxygen atoms in total. The van der Waals surface area contributed by atoms with Crippen LogP contribution >= 0.6 is 22.9 Å². The van der Waals surface area contributed by atoms with Crippen LogP contribution in [0, 0.1) is 11.8 Å². The quantitative estimate of drug-likeness (QED) is 0.770. The van der Waals surface area contributed by atoms with E-state index in [9.17, 15) is 0 Å². The molecule has 1 atom stereocenters. The molecular weight excluding hydrogens is 262 g/mol. The fourth-order valence-electron chi connectivity index (χ4n) is 3.09. The molecule has 0 spiro atoms. The predicted octanol–water partition coefficient (Wildman–Crippen LogP) is 5.40. The molecule has 0 saturated heterocycles. The van der Waals surface area contributed by atoms with E-state index in [1.165, 1.54) is 49.8 Å². The number of hydrogen-bond acceptors (Lipinski definition) is 2. The molecule has 1 fully saturated rings. The Balaban J connectivity index is 1.84. The zero-order valence-electron chi connectivity index (χ0n) is 11.2. The molecular formula is C15H24ClNS. The molecule has 1 unspecified atom stereocenters. The molecule has 1 aromatic rings. The Labute approximate surface area is 120 Å². The van der Waals surface area contributed by atoms with E-state index in [-0.39, 0.29) is 6.04 Å². The van der Waals surface area contributed by atoms with Crippen molar-refractivity contribution in [1.29, 1.82) is 0 Å². The van der Waals surface area contributed by atoms with Crippen LogP contribution in [0.15, 0.2) is 11.4 Å². The van der Waals surface area contributed by atoms with Gasteiger partial charge in [-0.3, -0.25) is 0 Å². The summed E-state index contributed by atoms with van der Waals surface area (Å²) in [4.78, 5) is 1.19. The van der Waals surface area contributed by atoms with Gasteiger partial charge in [0.2, 0.25) is 0 Å². The summed E-state index contributed by atoms with van der Waals surface area (Å²) in [5, 5.41) is 2.91. The van der Waals surface area contributed by atoms with E-state index in [1.54, 1.807) is 11.3 Å². The number of thiophene rings is 1. The molecule has 3 heteroatoms. The molecule has 1 aliphatic rings. The van der Waals surface area contributed by atoms with Crippen molar-refractivity contribution in [3.8, 4) is 0 Å². The molecule has 0 bridgehead atoms. The van der Waals surface area contributed by atoms with Crippen molar-refractivity contribution >= 4 is 22.9 Å². The van der Waals surface area contributed by atoms with Gasteiger partial charge < -0.3 is 5.73 Å². The first-order valence-corrected chi connectivity index (χ1v) is 8.46. The zero-order valence-corrected chi connectivity index (χ0v) is 12.8. The number of hydrogen-bond donors (Lipinski definition) is 1. The molecule has 2 rings (SSSR count). The van der Waals surface area contributed by atoms with Crippen LogP contribution in [0.3, 0.4) is 0 Å². The van der Waals surface area contributed by atoms with Crippen molar-refractivity contribution < 1.29 is 0 Å². The number of unbranched alkanes of at least 4 members (excludes halogenated alkanes) is 1. The highest BCUT2D eigenvalue weighted by molar-refractivity contribution is 7.10. The standard InChI is InChI=1S/C15H24ClNS/c1-2-3-4-11-5-7-12(8-6-11)14(17)15-13(16)9-10-18-15/h9-12,14H,2-8,17H2,1H3. The van der Waals surface area contributed by atoms with Gasteiger partial charge in [-0.25, -0.2) is 0 Å². The lowest BCUT2D eigenvalue weighted by Gasteiger charge is -2.32. The smallest absolute Gasteiger partial charge is 0.0561 e. The van der Waals surface area contributed by atoms with Gasteiger partial charge in [-0.05, 0) is 36.1 Å². The summed E-state index contributed by atoms with van der Waals surface area (Å²) in [5.74, 6) is 1.59. The molecule has 1 heterocycles. The topological polar surface area (TPSA) is 26.0 Å². The summed E-state index contributed by atoms with van der Waals surface area (Å²) < 4.78 is 0. The summed E-state index contributed by atoms with van der Waals surface area (Å²) in [7, 11) is 0. The van der Waals surface area contributed by atoms with Gasteiger partial charge in [0.05, 0.1) is 5.02 Å². The van der Waals surface area contributed by atoms with Crippen LogP contribution < -0.4 is 5.73 Å². The lowest BCUT2D eigenvalue weighted by molar-refractivity contribution is 0.234. The monoisotopic (exact) mass is 285 g/mol. The predicted molar refractivity (Wildman–Crippen MR) is 81.2 cm³/mol. The third-order valence-electron chi connectivity index (χ3n) is 4.31. The molecule has 0 aliphatic heterocycles. The minimum atomic E-state index is 0.157. The molecule has 0 radical (unpaired) electrons. The van der Waals surface area contributed by atoms with Gasteiger partial charge in [-0.1, -0.05) is 50.6 Å². The van der Waals surface area contributed by atoms with Crippen molar-refractivity contribution in [2.24, 2.45) is 17.6 Å². The number of halogens is 1. The SMILES string of the molecule is CCCCC1CCC(C(N)c2sccc2Cl)CC1. The van der Waals surface area contributed by atoms with Gasteiger partial charge >= 0.3 is 0 Å². The van der Waals surface area contributed by atoms with Crippen molar-refractivity contribution in [1.82, 2.24) is 0 Å². The van der Waals surface area contributed by atoms with Crippen LogP contribution in [0.2, 0.25) is 5.02 Å². The minimum absolute atomic E-state index is 0.157. The minimum Gasteiger partial charge on any atom is -0.323 e. The molecule has 0 amide bonds. The fraction of sp³-hybridized carbons (Fsp3) is 0.733. The van der Waals surface area contributed by atoms with Gasteiger partial charge in [-0.2, -0.15) is 0 Å². The Bertz CT molecular complexity index is 355.